The second-order valence-electron chi connectivity index (χ2n) is 10.7. The first kappa shape index (κ1) is 32.2. The zero-order valence-electron chi connectivity index (χ0n) is 24.9. The van der Waals surface area contributed by atoms with Crippen molar-refractivity contribution in [3.63, 3.8) is 0 Å². The van der Waals surface area contributed by atoms with Gasteiger partial charge in [-0.2, -0.15) is 0 Å². The zero-order chi connectivity index (χ0) is 31.7. The lowest BCUT2D eigenvalue weighted by atomic mass is 10.1. The van der Waals surface area contributed by atoms with E-state index in [-0.39, 0.29) is 29.0 Å². The van der Waals surface area contributed by atoms with E-state index in [1.54, 1.807) is 61.5 Å². The van der Waals surface area contributed by atoms with E-state index < -0.39 is 34.3 Å². The van der Waals surface area contributed by atoms with Crippen LogP contribution in [0.25, 0.3) is 0 Å². The molecule has 4 aromatic carbocycles. The molecule has 0 aliphatic carbocycles. The van der Waals surface area contributed by atoms with Gasteiger partial charge in [0.2, 0.25) is 11.8 Å². The summed E-state index contributed by atoms with van der Waals surface area (Å²) in [5.41, 5.74) is 0.824. The van der Waals surface area contributed by atoms with E-state index in [2.05, 4.69) is 5.32 Å². The number of benzene rings is 4. The third-order valence-electron chi connectivity index (χ3n) is 6.83. The number of carbonyl (C=O) groups is 2. The third-order valence-corrected chi connectivity index (χ3v) is 8.62. The summed E-state index contributed by atoms with van der Waals surface area (Å²) in [7, 11) is -4.21. The molecule has 0 bridgehead atoms. The van der Waals surface area contributed by atoms with Crippen LogP contribution in [-0.4, -0.2) is 44.3 Å². The van der Waals surface area contributed by atoms with E-state index in [0.29, 0.717) is 23.6 Å². The molecular formula is C34H36FN3O5S. The lowest BCUT2D eigenvalue weighted by molar-refractivity contribution is -0.139. The molecule has 4 aromatic rings. The maximum atomic E-state index is 14.0. The van der Waals surface area contributed by atoms with Gasteiger partial charge in [-0.3, -0.25) is 13.9 Å². The van der Waals surface area contributed by atoms with Crippen molar-refractivity contribution in [2.24, 2.45) is 5.92 Å². The fourth-order valence-electron chi connectivity index (χ4n) is 4.38. The number of carbonyl (C=O) groups excluding carboxylic acids is 2. The van der Waals surface area contributed by atoms with Crippen molar-refractivity contribution in [2.75, 3.05) is 17.4 Å². The molecule has 8 nitrogen and oxygen atoms in total. The summed E-state index contributed by atoms with van der Waals surface area (Å²) in [5, 5.41) is 2.84. The molecule has 4 rings (SSSR count). The molecule has 1 atom stereocenters. The van der Waals surface area contributed by atoms with Crippen molar-refractivity contribution >= 4 is 27.5 Å². The van der Waals surface area contributed by atoms with Gasteiger partial charge >= 0.3 is 0 Å². The Kier molecular flexibility index (Phi) is 10.7. The van der Waals surface area contributed by atoms with E-state index in [1.165, 1.54) is 41.3 Å². The minimum absolute atomic E-state index is 0.00483. The minimum atomic E-state index is -4.21. The highest BCUT2D eigenvalue weighted by molar-refractivity contribution is 7.92. The number of ether oxygens (including phenoxy) is 1. The first-order chi connectivity index (χ1) is 21.0. The average molecular weight is 618 g/mol. The topological polar surface area (TPSA) is 96.0 Å². The van der Waals surface area contributed by atoms with Gasteiger partial charge in [0.1, 0.15) is 29.9 Å². The number of rotatable bonds is 13. The Hall–Kier alpha value is -4.70. The fraction of sp³-hybridized carbons (Fsp3) is 0.235. The number of nitrogens with zero attached hydrogens (tertiary/aromatic N) is 2. The molecule has 230 valence electrons. The molecule has 1 unspecified atom stereocenters. The maximum absolute atomic E-state index is 14.0. The fourth-order valence-corrected chi connectivity index (χ4v) is 5.81. The second-order valence-corrected chi connectivity index (χ2v) is 12.6. The monoisotopic (exact) mass is 617 g/mol. The highest BCUT2D eigenvalue weighted by atomic mass is 32.2. The van der Waals surface area contributed by atoms with Crippen LogP contribution >= 0.6 is 0 Å². The second kappa shape index (κ2) is 14.7. The Morgan fingerprint density at radius 2 is 1.36 bits per heavy atom. The van der Waals surface area contributed by atoms with Gasteiger partial charge in [-0.05, 0) is 79.1 Å². The van der Waals surface area contributed by atoms with Crippen LogP contribution in [0, 0.1) is 11.7 Å². The number of para-hydroxylation sites is 1. The van der Waals surface area contributed by atoms with E-state index >= 15 is 0 Å². The van der Waals surface area contributed by atoms with Gasteiger partial charge in [0, 0.05) is 13.1 Å². The molecule has 0 radical (unpaired) electrons. The van der Waals surface area contributed by atoms with Gasteiger partial charge in [-0.25, -0.2) is 12.8 Å². The van der Waals surface area contributed by atoms with Gasteiger partial charge in [-0.1, -0.05) is 62.4 Å². The predicted molar refractivity (Wildman–Crippen MR) is 168 cm³/mol. The first-order valence-corrected chi connectivity index (χ1v) is 15.7. The number of nitrogens with one attached hydrogen (secondary N) is 1. The Balaban J connectivity index is 1.67. The predicted octanol–water partition coefficient (Wildman–Crippen LogP) is 6.00. The van der Waals surface area contributed by atoms with Gasteiger partial charge < -0.3 is 15.0 Å². The van der Waals surface area contributed by atoms with Crippen LogP contribution in [0.15, 0.2) is 114 Å². The molecular weight excluding hydrogens is 581 g/mol. The molecule has 0 fully saturated rings. The van der Waals surface area contributed by atoms with Crippen molar-refractivity contribution in [3.8, 4) is 11.5 Å². The van der Waals surface area contributed by atoms with Crippen LogP contribution in [0.4, 0.5) is 10.1 Å². The third kappa shape index (κ3) is 8.44. The molecule has 0 aliphatic rings. The summed E-state index contributed by atoms with van der Waals surface area (Å²) >= 11 is 0. The molecule has 1 N–H and O–H groups in total. The number of hydrogen-bond donors (Lipinski definition) is 1. The maximum Gasteiger partial charge on any atom is 0.264 e. The van der Waals surface area contributed by atoms with Crippen LogP contribution in [-0.2, 0) is 26.2 Å². The minimum Gasteiger partial charge on any atom is -0.457 e. The highest BCUT2D eigenvalue weighted by Crippen LogP contribution is 2.28. The molecule has 0 saturated heterocycles. The van der Waals surface area contributed by atoms with Crippen molar-refractivity contribution in [1.29, 1.82) is 0 Å². The quantitative estimate of drug-likeness (QED) is 0.199. The van der Waals surface area contributed by atoms with E-state index in [4.69, 9.17) is 4.74 Å². The van der Waals surface area contributed by atoms with Crippen LogP contribution in [0.5, 0.6) is 11.5 Å². The number of amides is 2. The van der Waals surface area contributed by atoms with Crippen LogP contribution < -0.4 is 14.4 Å². The largest absolute Gasteiger partial charge is 0.457 e. The first-order valence-electron chi connectivity index (χ1n) is 14.3. The molecule has 0 aliphatic heterocycles. The summed E-state index contributed by atoms with van der Waals surface area (Å²) in [5.74, 6) is -0.135. The van der Waals surface area contributed by atoms with Gasteiger partial charge in [-0.15, -0.1) is 0 Å². The lowest BCUT2D eigenvalue weighted by Gasteiger charge is -2.32. The Morgan fingerprint density at radius 3 is 1.95 bits per heavy atom. The molecule has 2 amide bonds. The number of anilines is 1. The molecule has 0 saturated carbocycles. The lowest BCUT2D eigenvalue weighted by Crippen LogP contribution is -2.51. The highest BCUT2D eigenvalue weighted by Gasteiger charge is 2.32. The summed E-state index contributed by atoms with van der Waals surface area (Å²) in [6.07, 6.45) is 0. The smallest absolute Gasteiger partial charge is 0.264 e. The van der Waals surface area contributed by atoms with Crippen molar-refractivity contribution in [2.45, 2.75) is 38.3 Å². The van der Waals surface area contributed by atoms with E-state index in [9.17, 15) is 22.4 Å². The average Bonchev–Trinajstić information content (AvgIpc) is 3.03. The summed E-state index contributed by atoms with van der Waals surface area (Å²) in [4.78, 5) is 28.4. The number of halogens is 1. The van der Waals surface area contributed by atoms with E-state index in [0.717, 1.165) is 4.31 Å². The van der Waals surface area contributed by atoms with Crippen LogP contribution in [0.2, 0.25) is 0 Å². The Morgan fingerprint density at radius 1 is 0.795 bits per heavy atom. The van der Waals surface area contributed by atoms with Gasteiger partial charge in [0.05, 0.1) is 10.6 Å². The molecule has 44 heavy (non-hydrogen) atoms. The number of sulfonamides is 1. The Bertz CT molecular complexity index is 1630. The Labute approximate surface area is 258 Å². The van der Waals surface area contributed by atoms with Crippen molar-refractivity contribution < 1.29 is 27.1 Å². The summed E-state index contributed by atoms with van der Waals surface area (Å²) in [6, 6.07) is 28.0. The van der Waals surface area contributed by atoms with Crippen molar-refractivity contribution in [1.82, 2.24) is 10.2 Å². The SMILES string of the molecule is CC(C)CNC(=O)C(C)N(Cc1ccc(F)cc1)C(=O)CN(c1ccc(Oc2ccccc2)cc1)S(=O)(=O)c1ccccc1. The molecule has 0 spiro atoms. The van der Waals surface area contributed by atoms with Gasteiger partial charge in [0.25, 0.3) is 10.0 Å². The number of hydrogen-bond acceptors (Lipinski definition) is 5. The molecule has 0 aromatic heterocycles. The van der Waals surface area contributed by atoms with Crippen LogP contribution in [0.1, 0.15) is 26.3 Å². The van der Waals surface area contributed by atoms with Crippen LogP contribution in [0.3, 0.4) is 0 Å². The molecule has 10 heteroatoms. The summed E-state index contributed by atoms with van der Waals surface area (Å²) in [6.45, 7) is 5.29. The standard InChI is InChI=1S/C34H36FN3O5S/c1-25(2)22-36-34(40)26(3)37(23-27-14-16-28(35)17-15-27)33(39)24-38(44(41,42)32-12-8-5-9-13-32)29-18-20-31(21-19-29)43-30-10-6-4-7-11-30/h4-21,25-26H,22-24H2,1-3H3,(H,36,40). The van der Waals surface area contributed by atoms with Gasteiger partial charge in [0.15, 0.2) is 0 Å². The normalized spacial score (nSPS) is 11.9. The molecule has 0 heterocycles. The summed E-state index contributed by atoms with van der Waals surface area (Å²) < 4.78 is 48.4. The van der Waals surface area contributed by atoms with E-state index in [1.807, 2.05) is 32.0 Å². The zero-order valence-corrected chi connectivity index (χ0v) is 25.7. The van der Waals surface area contributed by atoms with Crippen molar-refractivity contribution in [3.05, 3.63) is 121 Å².